The van der Waals surface area contributed by atoms with E-state index < -0.39 is 0 Å². The second kappa shape index (κ2) is 8.33. The Morgan fingerprint density at radius 1 is 1.15 bits per heavy atom. The van der Waals surface area contributed by atoms with E-state index in [0.717, 1.165) is 18.7 Å². The second-order valence-electron chi connectivity index (χ2n) is 6.79. The van der Waals surface area contributed by atoms with Gasteiger partial charge in [-0.2, -0.15) is 0 Å². The van der Waals surface area contributed by atoms with Gasteiger partial charge in [0, 0.05) is 38.3 Å². The number of hydrogen-bond donors (Lipinski definition) is 1. The van der Waals surface area contributed by atoms with Gasteiger partial charge in [-0.3, -0.25) is 4.79 Å². The van der Waals surface area contributed by atoms with E-state index in [-0.39, 0.29) is 12.0 Å². The summed E-state index contributed by atoms with van der Waals surface area (Å²) in [5.41, 5.74) is 0.405. The topological polar surface area (TPSA) is 87.7 Å². The molecule has 1 aromatic heterocycles. The zero-order valence-corrected chi connectivity index (χ0v) is 15.5. The van der Waals surface area contributed by atoms with Gasteiger partial charge in [0.1, 0.15) is 17.3 Å². The Balaban J connectivity index is 1.62. The van der Waals surface area contributed by atoms with Gasteiger partial charge in [-0.25, -0.2) is 14.8 Å². The van der Waals surface area contributed by atoms with Crippen LogP contribution < -0.4 is 5.32 Å². The van der Waals surface area contributed by atoms with Crippen molar-refractivity contribution in [2.24, 2.45) is 0 Å². The van der Waals surface area contributed by atoms with Gasteiger partial charge >= 0.3 is 6.09 Å². The number of anilines is 1. The number of carbonyl (C=O) groups is 2. The number of nitrogens with zero attached hydrogens (tertiary/aromatic N) is 4. The first-order valence-electron chi connectivity index (χ1n) is 9.40. The third-order valence-corrected chi connectivity index (χ3v) is 4.86. The Morgan fingerprint density at radius 3 is 2.46 bits per heavy atom. The van der Waals surface area contributed by atoms with Gasteiger partial charge in [0.2, 0.25) is 0 Å². The molecule has 8 heteroatoms. The van der Waals surface area contributed by atoms with Gasteiger partial charge < -0.3 is 19.9 Å². The van der Waals surface area contributed by atoms with Crippen molar-refractivity contribution in [3.63, 3.8) is 0 Å². The molecular formula is C18H27N5O3. The molecule has 0 bridgehead atoms. The minimum atomic E-state index is -0.319. The van der Waals surface area contributed by atoms with E-state index in [0.29, 0.717) is 50.3 Å². The number of rotatable bonds is 4. The highest BCUT2D eigenvalue weighted by molar-refractivity contribution is 5.93. The van der Waals surface area contributed by atoms with Crippen LogP contribution in [0.3, 0.4) is 0 Å². The van der Waals surface area contributed by atoms with Crippen molar-refractivity contribution >= 4 is 17.8 Å². The molecule has 1 aromatic rings. The van der Waals surface area contributed by atoms with Crippen molar-refractivity contribution in [2.75, 3.05) is 38.1 Å². The van der Waals surface area contributed by atoms with E-state index in [1.807, 2.05) is 0 Å². The standard InChI is InChI=1S/C18H27N5O3/c1-3-26-18(25)23-10-8-22(9-11-23)17(24)15-12-16(20-13(2)19-15)21-14-6-4-5-7-14/h12,14H,3-11H2,1-2H3,(H,19,20,21). The third-order valence-electron chi connectivity index (χ3n) is 4.86. The van der Waals surface area contributed by atoms with Crippen LogP contribution in [0.2, 0.25) is 0 Å². The zero-order chi connectivity index (χ0) is 18.5. The van der Waals surface area contributed by atoms with Crippen molar-refractivity contribution in [1.82, 2.24) is 19.8 Å². The molecule has 26 heavy (non-hydrogen) atoms. The molecule has 0 radical (unpaired) electrons. The van der Waals surface area contributed by atoms with Gasteiger partial charge in [0.05, 0.1) is 6.61 Å². The average Bonchev–Trinajstić information content (AvgIpc) is 3.14. The predicted molar refractivity (Wildman–Crippen MR) is 97.1 cm³/mol. The average molecular weight is 361 g/mol. The summed E-state index contributed by atoms with van der Waals surface area (Å²) in [7, 11) is 0. The molecule has 2 heterocycles. The maximum atomic E-state index is 12.8. The van der Waals surface area contributed by atoms with Gasteiger partial charge in [-0.05, 0) is 26.7 Å². The fourth-order valence-electron chi connectivity index (χ4n) is 3.50. The van der Waals surface area contributed by atoms with Gasteiger partial charge in [-0.1, -0.05) is 12.8 Å². The monoisotopic (exact) mass is 361 g/mol. The Morgan fingerprint density at radius 2 is 1.81 bits per heavy atom. The zero-order valence-electron chi connectivity index (χ0n) is 15.5. The summed E-state index contributed by atoms with van der Waals surface area (Å²) in [4.78, 5) is 36.7. The summed E-state index contributed by atoms with van der Waals surface area (Å²) in [5.74, 6) is 1.19. The first-order chi connectivity index (χ1) is 12.6. The predicted octanol–water partition coefficient (Wildman–Crippen LogP) is 2.05. The van der Waals surface area contributed by atoms with Crippen LogP contribution in [0.4, 0.5) is 10.6 Å². The lowest BCUT2D eigenvalue weighted by Crippen LogP contribution is -2.50. The smallest absolute Gasteiger partial charge is 0.409 e. The van der Waals surface area contributed by atoms with E-state index >= 15 is 0 Å². The second-order valence-corrected chi connectivity index (χ2v) is 6.79. The van der Waals surface area contributed by atoms with Crippen LogP contribution in [0.1, 0.15) is 48.9 Å². The number of hydrogen-bond acceptors (Lipinski definition) is 6. The molecule has 2 amide bonds. The Bertz CT molecular complexity index is 652. The number of aromatic nitrogens is 2. The summed E-state index contributed by atoms with van der Waals surface area (Å²) >= 11 is 0. The van der Waals surface area contributed by atoms with Crippen molar-refractivity contribution in [2.45, 2.75) is 45.6 Å². The Hall–Kier alpha value is -2.38. The fourth-order valence-corrected chi connectivity index (χ4v) is 3.50. The number of ether oxygens (including phenoxy) is 1. The number of carbonyl (C=O) groups excluding carboxylic acids is 2. The molecule has 1 aliphatic heterocycles. The van der Waals surface area contributed by atoms with Crippen LogP contribution in [0.15, 0.2) is 6.07 Å². The van der Waals surface area contributed by atoms with E-state index in [1.54, 1.807) is 29.7 Å². The molecule has 142 valence electrons. The first kappa shape index (κ1) is 18.4. The number of piperazine rings is 1. The molecule has 1 saturated heterocycles. The van der Waals surface area contributed by atoms with E-state index in [1.165, 1.54) is 12.8 Å². The SMILES string of the molecule is CCOC(=O)N1CCN(C(=O)c2cc(NC3CCCC3)nc(C)n2)CC1. The molecule has 0 unspecified atom stereocenters. The summed E-state index contributed by atoms with van der Waals surface area (Å²) in [5, 5.41) is 3.42. The largest absolute Gasteiger partial charge is 0.450 e. The summed E-state index contributed by atoms with van der Waals surface area (Å²) < 4.78 is 5.01. The highest BCUT2D eigenvalue weighted by atomic mass is 16.6. The normalized spacial score (nSPS) is 18.1. The molecule has 1 aliphatic carbocycles. The highest BCUT2D eigenvalue weighted by Crippen LogP contribution is 2.22. The molecular weight excluding hydrogens is 334 g/mol. The van der Waals surface area contributed by atoms with Crippen LogP contribution in [-0.4, -0.2) is 70.6 Å². The molecule has 2 aliphatic rings. The Kier molecular flexibility index (Phi) is 5.90. The lowest BCUT2D eigenvalue weighted by Gasteiger charge is -2.33. The van der Waals surface area contributed by atoms with Crippen LogP contribution in [-0.2, 0) is 4.74 Å². The molecule has 0 spiro atoms. The molecule has 0 atom stereocenters. The molecule has 3 rings (SSSR count). The van der Waals surface area contributed by atoms with Gasteiger partial charge in [-0.15, -0.1) is 0 Å². The maximum Gasteiger partial charge on any atom is 0.409 e. The van der Waals surface area contributed by atoms with Crippen LogP contribution in [0.5, 0.6) is 0 Å². The molecule has 0 aromatic carbocycles. The lowest BCUT2D eigenvalue weighted by atomic mass is 10.2. The summed E-state index contributed by atoms with van der Waals surface area (Å²) in [6, 6.07) is 2.17. The maximum absolute atomic E-state index is 12.8. The number of nitrogens with one attached hydrogen (secondary N) is 1. The fraction of sp³-hybridized carbons (Fsp3) is 0.667. The third kappa shape index (κ3) is 4.42. The molecule has 1 saturated carbocycles. The summed E-state index contributed by atoms with van der Waals surface area (Å²) in [6.07, 6.45) is 4.43. The van der Waals surface area contributed by atoms with E-state index in [2.05, 4.69) is 15.3 Å². The van der Waals surface area contributed by atoms with Crippen molar-refractivity contribution in [3.05, 3.63) is 17.6 Å². The lowest BCUT2D eigenvalue weighted by molar-refractivity contribution is 0.0565. The van der Waals surface area contributed by atoms with Crippen LogP contribution >= 0.6 is 0 Å². The van der Waals surface area contributed by atoms with Crippen molar-refractivity contribution < 1.29 is 14.3 Å². The molecule has 8 nitrogen and oxygen atoms in total. The molecule has 1 N–H and O–H groups in total. The minimum Gasteiger partial charge on any atom is -0.450 e. The van der Waals surface area contributed by atoms with Crippen molar-refractivity contribution in [1.29, 1.82) is 0 Å². The van der Waals surface area contributed by atoms with Gasteiger partial charge in [0.15, 0.2) is 0 Å². The highest BCUT2D eigenvalue weighted by Gasteiger charge is 2.27. The van der Waals surface area contributed by atoms with E-state index in [9.17, 15) is 9.59 Å². The summed E-state index contributed by atoms with van der Waals surface area (Å²) in [6.45, 7) is 5.85. The van der Waals surface area contributed by atoms with E-state index in [4.69, 9.17) is 4.74 Å². The van der Waals surface area contributed by atoms with Gasteiger partial charge in [0.25, 0.3) is 5.91 Å². The first-order valence-corrected chi connectivity index (χ1v) is 9.40. The number of aryl methyl sites for hydroxylation is 1. The Labute approximate surface area is 153 Å². The van der Waals surface area contributed by atoms with Crippen molar-refractivity contribution in [3.8, 4) is 0 Å². The minimum absolute atomic E-state index is 0.117. The number of amides is 2. The quantitative estimate of drug-likeness (QED) is 0.883. The van der Waals surface area contributed by atoms with Crippen LogP contribution in [0.25, 0.3) is 0 Å². The molecule has 2 fully saturated rings. The van der Waals surface area contributed by atoms with Crippen LogP contribution in [0, 0.1) is 6.92 Å².